The van der Waals surface area contributed by atoms with Crippen LogP contribution in [0.3, 0.4) is 0 Å². The summed E-state index contributed by atoms with van der Waals surface area (Å²) in [6.45, 7) is 5.76. The molecule has 1 amide bonds. The predicted molar refractivity (Wildman–Crippen MR) is 116 cm³/mol. The molecule has 1 aromatic heterocycles. The van der Waals surface area contributed by atoms with E-state index in [2.05, 4.69) is 15.3 Å². The molecule has 0 aliphatic heterocycles. The summed E-state index contributed by atoms with van der Waals surface area (Å²) in [7, 11) is 0. The molecule has 0 saturated heterocycles. The first-order valence-electron chi connectivity index (χ1n) is 9.63. The first kappa shape index (κ1) is 23.0. The number of carbonyl (C=O) groups is 1. The van der Waals surface area contributed by atoms with Crippen LogP contribution in [-0.2, 0) is 4.79 Å². The molecule has 0 spiro atoms. The Bertz CT molecular complexity index is 1130. The van der Waals surface area contributed by atoms with E-state index < -0.39 is 23.4 Å². The standard InChI is InChI=1S/C14H19F2NO.C8H6N2O2.2H2/c1-9(2)4-7-14(18)17-10(3)12-6-5-11(15)8-13(12)16;11-7-5-3-1-2-4-6(5)9-8(12)10-7;;/h5-6,8-10H,4,7H2,1-3H3,(H,17,18);1-4H,(H2,9,10,11,12);2*1H/t10-;;;/m0.../s1. The van der Waals surface area contributed by atoms with Gasteiger partial charge in [0.2, 0.25) is 5.91 Å². The molecular weight excluding hydrogens is 392 g/mol. The second-order valence-corrected chi connectivity index (χ2v) is 7.34. The first-order chi connectivity index (χ1) is 14.2. The van der Waals surface area contributed by atoms with Gasteiger partial charge < -0.3 is 10.3 Å². The Balaban J connectivity index is 0.000000600. The lowest BCUT2D eigenvalue weighted by atomic mass is 10.1. The topological polar surface area (TPSA) is 94.8 Å². The van der Waals surface area contributed by atoms with Gasteiger partial charge in [0.15, 0.2) is 0 Å². The zero-order valence-electron chi connectivity index (χ0n) is 17.1. The molecule has 0 saturated carbocycles. The fraction of sp³-hybridized carbons (Fsp3) is 0.318. The molecule has 1 atom stereocenters. The molecule has 0 aliphatic carbocycles. The average molecular weight is 421 g/mol. The van der Waals surface area contributed by atoms with Crippen molar-refractivity contribution >= 4 is 16.8 Å². The number of halogens is 2. The summed E-state index contributed by atoms with van der Waals surface area (Å²) in [5.74, 6) is -0.908. The molecule has 164 valence electrons. The second kappa shape index (κ2) is 10.5. The summed E-state index contributed by atoms with van der Waals surface area (Å²) in [6, 6.07) is 9.77. The highest BCUT2D eigenvalue weighted by Gasteiger charge is 2.14. The third kappa shape index (κ3) is 6.65. The zero-order valence-corrected chi connectivity index (χ0v) is 17.1. The normalized spacial score (nSPS) is 11.7. The maximum absolute atomic E-state index is 13.5. The van der Waals surface area contributed by atoms with E-state index in [0.717, 1.165) is 12.5 Å². The molecule has 0 bridgehead atoms. The van der Waals surface area contributed by atoms with E-state index in [0.29, 0.717) is 28.8 Å². The number of fused-ring (bicyclic) bond motifs is 1. The smallest absolute Gasteiger partial charge is 0.326 e. The van der Waals surface area contributed by atoms with Gasteiger partial charge in [0.25, 0.3) is 5.56 Å². The molecule has 30 heavy (non-hydrogen) atoms. The van der Waals surface area contributed by atoms with E-state index in [1.165, 1.54) is 12.1 Å². The summed E-state index contributed by atoms with van der Waals surface area (Å²) in [5, 5.41) is 3.21. The van der Waals surface area contributed by atoms with Gasteiger partial charge in [0.05, 0.1) is 16.9 Å². The minimum atomic E-state index is -0.633. The highest BCUT2D eigenvalue weighted by atomic mass is 19.1. The SMILES string of the molecule is CC(C)CCC(=O)N[C@@H](C)c1ccc(F)cc1F.O=c1[nH]c(=O)c2ccccc2[nH]1.[HH].[HH]. The molecule has 3 aromatic rings. The number of nitrogens with one attached hydrogen (secondary N) is 3. The largest absolute Gasteiger partial charge is 0.349 e. The van der Waals surface area contributed by atoms with Gasteiger partial charge in [0, 0.05) is 20.9 Å². The van der Waals surface area contributed by atoms with Gasteiger partial charge in [-0.2, -0.15) is 0 Å². The number of hydrogen-bond acceptors (Lipinski definition) is 3. The van der Waals surface area contributed by atoms with Crippen LogP contribution in [0.25, 0.3) is 10.9 Å². The maximum atomic E-state index is 13.5. The van der Waals surface area contributed by atoms with E-state index in [9.17, 15) is 23.2 Å². The number of rotatable bonds is 5. The molecule has 0 fully saturated rings. The number of amides is 1. The highest BCUT2D eigenvalue weighted by molar-refractivity contribution is 5.77. The van der Waals surface area contributed by atoms with Crippen LogP contribution in [0.5, 0.6) is 0 Å². The van der Waals surface area contributed by atoms with Gasteiger partial charge in [-0.05, 0) is 37.5 Å². The third-order valence-electron chi connectivity index (χ3n) is 4.40. The summed E-state index contributed by atoms with van der Waals surface area (Å²) < 4.78 is 26.2. The van der Waals surface area contributed by atoms with E-state index >= 15 is 0 Å². The van der Waals surface area contributed by atoms with Crippen LogP contribution in [0, 0.1) is 17.6 Å². The van der Waals surface area contributed by atoms with Crippen LogP contribution in [0.15, 0.2) is 52.1 Å². The number of hydrogen-bond donors (Lipinski definition) is 3. The lowest BCUT2D eigenvalue weighted by Gasteiger charge is -2.15. The lowest BCUT2D eigenvalue weighted by molar-refractivity contribution is -0.122. The van der Waals surface area contributed by atoms with Gasteiger partial charge in [-0.3, -0.25) is 14.6 Å². The Morgan fingerprint density at radius 2 is 1.77 bits per heavy atom. The molecule has 0 unspecified atom stereocenters. The van der Waals surface area contributed by atoms with Crippen LogP contribution in [0.2, 0.25) is 0 Å². The minimum Gasteiger partial charge on any atom is -0.349 e. The van der Waals surface area contributed by atoms with Crippen molar-refractivity contribution in [2.45, 2.75) is 39.7 Å². The van der Waals surface area contributed by atoms with Crippen molar-refractivity contribution < 1.29 is 16.4 Å². The van der Waals surface area contributed by atoms with Crippen LogP contribution >= 0.6 is 0 Å². The predicted octanol–water partition coefficient (Wildman–Crippen LogP) is 4.29. The van der Waals surface area contributed by atoms with Crippen LogP contribution in [-0.4, -0.2) is 15.9 Å². The molecule has 3 rings (SSSR count). The number of para-hydroxylation sites is 1. The second-order valence-electron chi connectivity index (χ2n) is 7.34. The van der Waals surface area contributed by atoms with Crippen molar-refractivity contribution in [2.75, 3.05) is 0 Å². The maximum Gasteiger partial charge on any atom is 0.326 e. The number of H-pyrrole nitrogens is 2. The molecule has 2 aromatic carbocycles. The lowest BCUT2D eigenvalue weighted by Crippen LogP contribution is -2.27. The quantitative estimate of drug-likeness (QED) is 0.574. The van der Waals surface area contributed by atoms with E-state index in [-0.39, 0.29) is 14.3 Å². The minimum absolute atomic E-state index is 0. The van der Waals surface area contributed by atoms with Crippen molar-refractivity contribution in [2.24, 2.45) is 5.92 Å². The number of aromatic amines is 2. The fourth-order valence-electron chi connectivity index (χ4n) is 2.78. The van der Waals surface area contributed by atoms with Gasteiger partial charge in [-0.1, -0.05) is 32.0 Å². The molecule has 8 heteroatoms. The summed E-state index contributed by atoms with van der Waals surface area (Å²) in [6.07, 6.45) is 1.22. The summed E-state index contributed by atoms with van der Waals surface area (Å²) in [4.78, 5) is 38.2. The molecular formula is C22H29F2N3O3. The first-order valence-corrected chi connectivity index (χ1v) is 9.63. The Labute approximate surface area is 175 Å². The van der Waals surface area contributed by atoms with Crippen LogP contribution < -0.4 is 16.6 Å². The van der Waals surface area contributed by atoms with E-state index in [1.54, 1.807) is 31.2 Å². The molecule has 0 aliphatic rings. The number of carbonyl (C=O) groups excluding carboxylic acids is 1. The third-order valence-corrected chi connectivity index (χ3v) is 4.40. The van der Waals surface area contributed by atoms with Crippen molar-refractivity contribution in [1.29, 1.82) is 0 Å². The van der Waals surface area contributed by atoms with Crippen molar-refractivity contribution in [3.8, 4) is 0 Å². The van der Waals surface area contributed by atoms with Gasteiger partial charge >= 0.3 is 5.69 Å². The summed E-state index contributed by atoms with van der Waals surface area (Å²) in [5.41, 5.74) is 0.0357. The monoisotopic (exact) mass is 421 g/mol. The van der Waals surface area contributed by atoms with Gasteiger partial charge in [0.1, 0.15) is 11.6 Å². The molecule has 1 heterocycles. The Morgan fingerprint density at radius 3 is 2.43 bits per heavy atom. The molecule has 0 radical (unpaired) electrons. The van der Waals surface area contributed by atoms with Gasteiger partial charge in [-0.25, -0.2) is 13.6 Å². The summed E-state index contributed by atoms with van der Waals surface area (Å²) >= 11 is 0. The Hall–Kier alpha value is -3.29. The zero-order chi connectivity index (χ0) is 22.3. The Morgan fingerprint density at radius 1 is 1.07 bits per heavy atom. The fourth-order valence-corrected chi connectivity index (χ4v) is 2.78. The van der Waals surface area contributed by atoms with Crippen molar-refractivity contribution in [3.63, 3.8) is 0 Å². The van der Waals surface area contributed by atoms with Crippen molar-refractivity contribution in [1.82, 2.24) is 15.3 Å². The Kier molecular flexibility index (Phi) is 8.03. The molecule has 3 N–H and O–H groups in total. The number of benzene rings is 2. The van der Waals surface area contributed by atoms with Crippen LogP contribution in [0.1, 0.15) is 48.1 Å². The highest BCUT2D eigenvalue weighted by Crippen LogP contribution is 2.18. The average Bonchev–Trinajstić information content (AvgIpc) is 2.66. The van der Waals surface area contributed by atoms with Crippen LogP contribution in [0.4, 0.5) is 8.78 Å². The van der Waals surface area contributed by atoms with Gasteiger partial charge in [-0.15, -0.1) is 0 Å². The molecule has 6 nitrogen and oxygen atoms in total. The van der Waals surface area contributed by atoms with E-state index in [4.69, 9.17) is 0 Å². The van der Waals surface area contributed by atoms with Crippen molar-refractivity contribution in [3.05, 3.63) is 80.5 Å². The number of aromatic nitrogens is 2. The van der Waals surface area contributed by atoms with E-state index in [1.807, 2.05) is 13.8 Å².